The Bertz CT molecular complexity index is 638. The van der Waals surface area contributed by atoms with E-state index in [0.717, 1.165) is 21.6 Å². The van der Waals surface area contributed by atoms with E-state index in [1.807, 2.05) is 31.2 Å². The number of carbonyl (C=O) groups excluding carboxylic acids is 1. The van der Waals surface area contributed by atoms with Crippen LogP contribution in [0.5, 0.6) is 0 Å². The Balaban J connectivity index is 1.73. The minimum absolute atomic E-state index is 0.0107. The van der Waals surface area contributed by atoms with Crippen molar-refractivity contribution in [2.75, 3.05) is 13.1 Å². The lowest BCUT2D eigenvalue weighted by Crippen LogP contribution is -2.43. The molecule has 1 heterocycles. The highest BCUT2D eigenvalue weighted by Gasteiger charge is 2.16. The molecule has 3 N–H and O–H groups in total. The highest BCUT2D eigenvalue weighted by atomic mass is 32.1. The van der Waals surface area contributed by atoms with Crippen LogP contribution < -0.4 is 10.6 Å². The summed E-state index contributed by atoms with van der Waals surface area (Å²) in [5.41, 5.74) is 0.976. The van der Waals surface area contributed by atoms with E-state index in [1.165, 1.54) is 0 Å². The van der Waals surface area contributed by atoms with Crippen molar-refractivity contribution in [1.29, 1.82) is 0 Å². The molecular formula is C16H21N3O3S. The van der Waals surface area contributed by atoms with Crippen LogP contribution in [0, 0.1) is 0 Å². The molecule has 1 unspecified atom stereocenters. The molecule has 0 aliphatic heterocycles. The summed E-state index contributed by atoms with van der Waals surface area (Å²) in [6.45, 7) is 2.42. The quantitative estimate of drug-likeness (QED) is 0.650. The third kappa shape index (κ3) is 5.30. The number of amides is 1. The van der Waals surface area contributed by atoms with E-state index in [2.05, 4.69) is 15.6 Å². The van der Waals surface area contributed by atoms with Crippen molar-refractivity contribution in [2.24, 2.45) is 0 Å². The Morgan fingerprint density at radius 3 is 2.83 bits per heavy atom. The Hall–Kier alpha value is -1.99. The number of nitrogens with one attached hydrogen (secondary N) is 2. The summed E-state index contributed by atoms with van der Waals surface area (Å²) < 4.78 is 1.14. The van der Waals surface area contributed by atoms with E-state index in [1.54, 1.807) is 11.3 Å². The summed E-state index contributed by atoms with van der Waals surface area (Å²) in [6, 6.07) is 7.26. The second kappa shape index (κ2) is 8.59. The molecule has 0 spiro atoms. The molecule has 1 amide bonds. The molecule has 0 aliphatic carbocycles. The van der Waals surface area contributed by atoms with E-state index in [4.69, 9.17) is 5.11 Å². The fourth-order valence-corrected chi connectivity index (χ4v) is 3.18. The van der Waals surface area contributed by atoms with Crippen LogP contribution in [0.15, 0.2) is 24.3 Å². The minimum atomic E-state index is -0.922. The van der Waals surface area contributed by atoms with E-state index >= 15 is 0 Å². The number of thiazole rings is 1. The first-order chi connectivity index (χ1) is 11.1. The number of hydrogen-bond acceptors (Lipinski definition) is 5. The van der Waals surface area contributed by atoms with Gasteiger partial charge in [-0.05, 0) is 18.6 Å². The average molecular weight is 335 g/mol. The Morgan fingerprint density at radius 2 is 2.13 bits per heavy atom. The zero-order valence-electron chi connectivity index (χ0n) is 13.0. The van der Waals surface area contributed by atoms with Gasteiger partial charge < -0.3 is 10.4 Å². The predicted molar refractivity (Wildman–Crippen MR) is 90.7 cm³/mol. The van der Waals surface area contributed by atoms with Crippen LogP contribution in [0.1, 0.15) is 24.8 Å². The first-order valence-corrected chi connectivity index (χ1v) is 8.49. The van der Waals surface area contributed by atoms with Crippen molar-refractivity contribution in [3.8, 4) is 0 Å². The lowest BCUT2D eigenvalue weighted by atomic mass is 10.2. The second-order valence-electron chi connectivity index (χ2n) is 5.24. The SMILES string of the molecule is CCCC(NCC(=O)NCCc1nc2ccccc2s1)C(=O)O. The third-order valence-electron chi connectivity index (χ3n) is 3.38. The molecule has 2 aromatic rings. The molecule has 1 aromatic carbocycles. The molecule has 6 nitrogen and oxygen atoms in total. The molecule has 0 radical (unpaired) electrons. The molecule has 1 atom stereocenters. The monoisotopic (exact) mass is 335 g/mol. The first-order valence-electron chi connectivity index (χ1n) is 7.67. The predicted octanol–water partition coefficient (Wildman–Crippen LogP) is 1.80. The molecule has 2 rings (SSSR count). The number of benzene rings is 1. The van der Waals surface area contributed by atoms with E-state index < -0.39 is 12.0 Å². The van der Waals surface area contributed by atoms with Crippen molar-refractivity contribution in [3.63, 3.8) is 0 Å². The number of fused-ring (bicyclic) bond motifs is 1. The summed E-state index contributed by atoms with van der Waals surface area (Å²) in [5.74, 6) is -1.12. The van der Waals surface area contributed by atoms with E-state index in [0.29, 0.717) is 19.4 Å². The first kappa shape index (κ1) is 17.4. The maximum atomic E-state index is 11.8. The van der Waals surface area contributed by atoms with Crippen LogP contribution in [0.4, 0.5) is 0 Å². The molecule has 1 aromatic heterocycles. The van der Waals surface area contributed by atoms with Crippen LogP contribution in [0.25, 0.3) is 10.2 Å². The Kier molecular flexibility index (Phi) is 6.49. The Morgan fingerprint density at radius 1 is 1.35 bits per heavy atom. The van der Waals surface area contributed by atoms with Gasteiger partial charge in [-0.1, -0.05) is 25.5 Å². The zero-order chi connectivity index (χ0) is 16.7. The highest BCUT2D eigenvalue weighted by molar-refractivity contribution is 7.18. The summed E-state index contributed by atoms with van der Waals surface area (Å²) in [7, 11) is 0. The summed E-state index contributed by atoms with van der Waals surface area (Å²) in [6.07, 6.45) is 1.93. The highest BCUT2D eigenvalue weighted by Crippen LogP contribution is 2.21. The Labute approximate surface area is 138 Å². The fraction of sp³-hybridized carbons (Fsp3) is 0.438. The molecule has 0 bridgehead atoms. The topological polar surface area (TPSA) is 91.3 Å². The second-order valence-corrected chi connectivity index (χ2v) is 6.35. The minimum Gasteiger partial charge on any atom is -0.480 e. The van der Waals surface area contributed by atoms with Gasteiger partial charge in [-0.3, -0.25) is 14.9 Å². The maximum absolute atomic E-state index is 11.8. The van der Waals surface area contributed by atoms with Gasteiger partial charge >= 0.3 is 5.97 Å². The van der Waals surface area contributed by atoms with Gasteiger partial charge in [0.1, 0.15) is 6.04 Å². The van der Waals surface area contributed by atoms with Crippen LogP contribution >= 0.6 is 11.3 Å². The number of carboxylic acids is 1. The van der Waals surface area contributed by atoms with Crippen LogP contribution in [-0.4, -0.2) is 41.1 Å². The van der Waals surface area contributed by atoms with Gasteiger partial charge in [0, 0.05) is 13.0 Å². The number of aromatic nitrogens is 1. The lowest BCUT2D eigenvalue weighted by Gasteiger charge is -2.13. The molecule has 23 heavy (non-hydrogen) atoms. The van der Waals surface area contributed by atoms with Crippen LogP contribution in [0.3, 0.4) is 0 Å². The molecule has 124 valence electrons. The number of rotatable bonds is 9. The van der Waals surface area contributed by atoms with Gasteiger partial charge in [-0.2, -0.15) is 0 Å². The molecule has 0 fully saturated rings. The molecule has 0 saturated carbocycles. The van der Waals surface area contributed by atoms with Crippen molar-refractivity contribution < 1.29 is 14.7 Å². The van der Waals surface area contributed by atoms with Gasteiger partial charge in [0.05, 0.1) is 21.8 Å². The number of carboxylic acid groups (broad SMARTS) is 1. The lowest BCUT2D eigenvalue weighted by molar-refractivity contribution is -0.139. The van der Waals surface area contributed by atoms with Crippen LogP contribution in [0.2, 0.25) is 0 Å². The van der Waals surface area contributed by atoms with E-state index in [-0.39, 0.29) is 12.5 Å². The average Bonchev–Trinajstić information content (AvgIpc) is 2.93. The van der Waals surface area contributed by atoms with E-state index in [9.17, 15) is 9.59 Å². The molecule has 0 aliphatic rings. The molecule has 7 heteroatoms. The van der Waals surface area contributed by atoms with Gasteiger partial charge in [0.2, 0.25) is 5.91 Å². The normalized spacial score (nSPS) is 12.2. The largest absolute Gasteiger partial charge is 0.480 e. The molecular weight excluding hydrogens is 314 g/mol. The van der Waals surface area contributed by atoms with Gasteiger partial charge in [-0.25, -0.2) is 4.98 Å². The van der Waals surface area contributed by atoms with Crippen LogP contribution in [-0.2, 0) is 16.0 Å². The van der Waals surface area contributed by atoms with Crippen molar-refractivity contribution in [1.82, 2.24) is 15.6 Å². The summed E-state index contributed by atoms with van der Waals surface area (Å²) in [5, 5.41) is 15.5. The molecule has 0 saturated heterocycles. The van der Waals surface area contributed by atoms with Gasteiger partial charge in [0.25, 0.3) is 0 Å². The third-order valence-corrected chi connectivity index (χ3v) is 4.48. The van der Waals surface area contributed by atoms with Gasteiger partial charge in [0.15, 0.2) is 0 Å². The smallest absolute Gasteiger partial charge is 0.320 e. The number of aliphatic carboxylic acids is 1. The summed E-state index contributed by atoms with van der Waals surface area (Å²) in [4.78, 5) is 27.2. The van der Waals surface area contributed by atoms with Gasteiger partial charge in [-0.15, -0.1) is 11.3 Å². The number of para-hydroxylation sites is 1. The number of nitrogens with zero attached hydrogens (tertiary/aromatic N) is 1. The zero-order valence-corrected chi connectivity index (χ0v) is 13.9. The number of carbonyl (C=O) groups is 2. The summed E-state index contributed by atoms with van der Waals surface area (Å²) >= 11 is 1.62. The maximum Gasteiger partial charge on any atom is 0.320 e. The van der Waals surface area contributed by atoms with Crippen molar-refractivity contribution in [3.05, 3.63) is 29.3 Å². The standard InChI is InChI=1S/C16H21N3O3S/c1-2-5-12(16(21)22)18-10-14(20)17-9-8-15-19-11-6-3-4-7-13(11)23-15/h3-4,6-7,12,18H,2,5,8-10H2,1H3,(H,17,20)(H,21,22). The van der Waals surface area contributed by atoms with Crippen molar-refractivity contribution in [2.45, 2.75) is 32.2 Å². The van der Waals surface area contributed by atoms with Crippen molar-refractivity contribution >= 4 is 33.4 Å². The fourth-order valence-electron chi connectivity index (χ4n) is 2.22. The number of hydrogen-bond donors (Lipinski definition) is 3.